The molecule has 0 saturated heterocycles. The third-order valence-electron chi connectivity index (χ3n) is 3.51. The monoisotopic (exact) mass is 186 g/mol. The minimum absolute atomic E-state index is 0.160. The normalized spacial score (nSPS) is 46.8. The van der Waals surface area contributed by atoms with Crippen molar-refractivity contribution in [3.63, 3.8) is 0 Å². The largest absolute Gasteiger partial charge is 0.390 e. The highest BCUT2D eigenvalue weighted by molar-refractivity contribution is 5.06. The molecule has 0 aromatic rings. The van der Waals surface area contributed by atoms with Crippen LogP contribution in [0.1, 0.15) is 47.5 Å². The average Bonchev–Trinajstić information content (AvgIpc) is 2.00. The highest BCUT2D eigenvalue weighted by Gasteiger charge is 2.54. The number of aliphatic hydroxyl groups is 2. The van der Waals surface area contributed by atoms with Crippen LogP contribution in [-0.2, 0) is 0 Å². The zero-order valence-corrected chi connectivity index (χ0v) is 9.39. The van der Waals surface area contributed by atoms with E-state index in [-0.39, 0.29) is 11.3 Å². The molecule has 0 radical (unpaired) electrons. The highest BCUT2D eigenvalue weighted by Crippen LogP contribution is 2.50. The van der Waals surface area contributed by atoms with Gasteiger partial charge in [0.2, 0.25) is 0 Å². The SMILES string of the molecule is C[C@@H]1C[C@@](C)(O)C[C@]1(O)C(C)(C)C. The Hall–Kier alpha value is -0.0800. The Morgan fingerprint density at radius 2 is 1.69 bits per heavy atom. The summed E-state index contributed by atoms with van der Waals surface area (Å²) in [5.74, 6) is 0.169. The van der Waals surface area contributed by atoms with Crippen molar-refractivity contribution in [1.82, 2.24) is 0 Å². The lowest BCUT2D eigenvalue weighted by Gasteiger charge is -2.41. The molecule has 2 N–H and O–H groups in total. The molecule has 1 saturated carbocycles. The fraction of sp³-hybridized carbons (Fsp3) is 1.00. The van der Waals surface area contributed by atoms with E-state index in [0.717, 1.165) is 0 Å². The van der Waals surface area contributed by atoms with Crippen LogP contribution in [-0.4, -0.2) is 21.4 Å². The number of rotatable bonds is 0. The van der Waals surface area contributed by atoms with Gasteiger partial charge in [-0.25, -0.2) is 0 Å². The van der Waals surface area contributed by atoms with Gasteiger partial charge in [0.15, 0.2) is 0 Å². The summed E-state index contributed by atoms with van der Waals surface area (Å²) in [6, 6.07) is 0. The highest BCUT2D eigenvalue weighted by atomic mass is 16.3. The molecule has 1 fully saturated rings. The van der Waals surface area contributed by atoms with E-state index in [1.165, 1.54) is 0 Å². The molecule has 0 bridgehead atoms. The zero-order valence-electron chi connectivity index (χ0n) is 9.39. The standard InChI is InChI=1S/C11H22O2/c1-8-6-10(5,12)7-11(8,13)9(2,3)4/h8,12-13H,6-7H2,1-5H3/t8-,10-,11-/m1/s1. The first-order valence-corrected chi connectivity index (χ1v) is 5.03. The summed E-state index contributed by atoms with van der Waals surface area (Å²) in [6.07, 6.45) is 1.19. The summed E-state index contributed by atoms with van der Waals surface area (Å²) >= 11 is 0. The maximum absolute atomic E-state index is 10.5. The van der Waals surface area contributed by atoms with Crippen LogP contribution in [0.3, 0.4) is 0 Å². The molecule has 1 rings (SSSR count). The molecule has 2 nitrogen and oxygen atoms in total. The van der Waals surface area contributed by atoms with Crippen molar-refractivity contribution in [2.24, 2.45) is 11.3 Å². The van der Waals surface area contributed by atoms with Crippen molar-refractivity contribution < 1.29 is 10.2 Å². The van der Waals surface area contributed by atoms with Crippen LogP contribution in [0.15, 0.2) is 0 Å². The van der Waals surface area contributed by atoms with E-state index >= 15 is 0 Å². The lowest BCUT2D eigenvalue weighted by molar-refractivity contribution is -0.0936. The minimum Gasteiger partial charge on any atom is -0.390 e. The predicted molar refractivity (Wildman–Crippen MR) is 53.4 cm³/mol. The second-order valence-electron chi connectivity index (χ2n) is 5.95. The Bertz CT molecular complexity index is 203. The second kappa shape index (κ2) is 2.71. The van der Waals surface area contributed by atoms with Crippen LogP contribution in [0.5, 0.6) is 0 Å². The third kappa shape index (κ3) is 1.75. The lowest BCUT2D eigenvalue weighted by Crippen LogP contribution is -2.45. The summed E-state index contributed by atoms with van der Waals surface area (Å²) in [7, 11) is 0. The molecule has 0 aromatic carbocycles. The summed E-state index contributed by atoms with van der Waals surface area (Å²) < 4.78 is 0. The molecule has 0 amide bonds. The van der Waals surface area contributed by atoms with Gasteiger partial charge in [0.05, 0.1) is 11.2 Å². The molecule has 0 spiro atoms. The molecular formula is C11H22O2. The topological polar surface area (TPSA) is 40.5 Å². The number of hydrogen-bond donors (Lipinski definition) is 2. The molecule has 78 valence electrons. The van der Waals surface area contributed by atoms with Crippen LogP contribution >= 0.6 is 0 Å². The summed E-state index contributed by atoms with van der Waals surface area (Å²) in [5, 5.41) is 20.4. The van der Waals surface area contributed by atoms with E-state index in [1.807, 2.05) is 34.6 Å². The first-order chi connectivity index (χ1) is 5.58. The molecule has 0 aromatic heterocycles. The van der Waals surface area contributed by atoms with Crippen molar-refractivity contribution in [1.29, 1.82) is 0 Å². The van der Waals surface area contributed by atoms with E-state index in [9.17, 15) is 10.2 Å². The van der Waals surface area contributed by atoms with Gasteiger partial charge in [0.25, 0.3) is 0 Å². The zero-order chi connectivity index (χ0) is 10.5. The minimum atomic E-state index is -0.726. The summed E-state index contributed by atoms with van der Waals surface area (Å²) in [4.78, 5) is 0. The lowest BCUT2D eigenvalue weighted by atomic mass is 9.71. The van der Waals surface area contributed by atoms with Gasteiger partial charge < -0.3 is 10.2 Å². The molecule has 2 heteroatoms. The maximum Gasteiger partial charge on any atom is 0.0749 e. The van der Waals surface area contributed by atoms with Gasteiger partial charge in [-0.2, -0.15) is 0 Å². The predicted octanol–water partition coefficient (Wildman–Crippen LogP) is 1.94. The van der Waals surface area contributed by atoms with E-state index in [2.05, 4.69) is 0 Å². The smallest absolute Gasteiger partial charge is 0.0749 e. The third-order valence-corrected chi connectivity index (χ3v) is 3.51. The Kier molecular flexibility index (Phi) is 2.29. The van der Waals surface area contributed by atoms with Crippen LogP contribution in [0.2, 0.25) is 0 Å². The van der Waals surface area contributed by atoms with Gasteiger partial charge in [-0.3, -0.25) is 0 Å². The Balaban J connectivity index is 2.94. The van der Waals surface area contributed by atoms with E-state index in [0.29, 0.717) is 12.8 Å². The van der Waals surface area contributed by atoms with E-state index < -0.39 is 11.2 Å². The fourth-order valence-electron chi connectivity index (χ4n) is 2.66. The first kappa shape index (κ1) is 11.0. The fourth-order valence-corrected chi connectivity index (χ4v) is 2.66. The van der Waals surface area contributed by atoms with Gasteiger partial charge in [-0.1, -0.05) is 27.7 Å². The quantitative estimate of drug-likeness (QED) is 0.607. The van der Waals surface area contributed by atoms with E-state index in [4.69, 9.17) is 0 Å². The first-order valence-electron chi connectivity index (χ1n) is 5.03. The Morgan fingerprint density at radius 1 is 1.23 bits per heavy atom. The second-order valence-corrected chi connectivity index (χ2v) is 5.95. The van der Waals surface area contributed by atoms with Crippen molar-refractivity contribution in [2.75, 3.05) is 0 Å². The molecule has 1 aliphatic rings. The van der Waals surface area contributed by atoms with Crippen molar-refractivity contribution in [3.8, 4) is 0 Å². The van der Waals surface area contributed by atoms with Crippen LogP contribution in [0.4, 0.5) is 0 Å². The molecule has 0 heterocycles. The van der Waals surface area contributed by atoms with Crippen LogP contribution in [0, 0.1) is 11.3 Å². The van der Waals surface area contributed by atoms with Crippen LogP contribution in [0.25, 0.3) is 0 Å². The molecule has 1 aliphatic carbocycles. The maximum atomic E-state index is 10.5. The van der Waals surface area contributed by atoms with Gasteiger partial charge in [-0.15, -0.1) is 0 Å². The summed E-state index contributed by atoms with van der Waals surface area (Å²) in [5.41, 5.74) is -1.58. The molecule has 0 aliphatic heterocycles. The van der Waals surface area contributed by atoms with Crippen molar-refractivity contribution in [2.45, 2.75) is 58.7 Å². The molecule has 3 atom stereocenters. The van der Waals surface area contributed by atoms with E-state index in [1.54, 1.807) is 0 Å². The number of hydrogen-bond acceptors (Lipinski definition) is 2. The van der Waals surface area contributed by atoms with Gasteiger partial charge in [0.1, 0.15) is 0 Å². The average molecular weight is 186 g/mol. The molecular weight excluding hydrogens is 164 g/mol. The van der Waals surface area contributed by atoms with Crippen molar-refractivity contribution in [3.05, 3.63) is 0 Å². The summed E-state index contributed by atoms with van der Waals surface area (Å²) in [6.45, 7) is 9.93. The van der Waals surface area contributed by atoms with Crippen LogP contribution < -0.4 is 0 Å². The Morgan fingerprint density at radius 3 is 1.85 bits per heavy atom. The van der Waals surface area contributed by atoms with Gasteiger partial charge in [-0.05, 0) is 24.7 Å². The van der Waals surface area contributed by atoms with Crippen molar-refractivity contribution >= 4 is 0 Å². The molecule has 0 unspecified atom stereocenters. The Labute approximate surface area is 81.0 Å². The van der Waals surface area contributed by atoms with Gasteiger partial charge >= 0.3 is 0 Å². The molecule has 13 heavy (non-hydrogen) atoms. The van der Waals surface area contributed by atoms with Gasteiger partial charge in [0, 0.05) is 6.42 Å².